The second kappa shape index (κ2) is 5.76. The molecule has 0 aliphatic heterocycles. The van der Waals surface area contributed by atoms with Gasteiger partial charge in [0.2, 0.25) is 0 Å². The van der Waals surface area contributed by atoms with Crippen LogP contribution < -0.4 is 5.32 Å². The molecule has 0 saturated heterocycles. The van der Waals surface area contributed by atoms with Crippen molar-refractivity contribution in [1.82, 2.24) is 9.88 Å². The molecule has 0 amide bonds. The molecule has 19 heavy (non-hydrogen) atoms. The van der Waals surface area contributed by atoms with Gasteiger partial charge in [-0.1, -0.05) is 6.07 Å². The molecule has 3 heteroatoms. The van der Waals surface area contributed by atoms with E-state index in [4.69, 9.17) is 4.74 Å². The predicted octanol–water partition coefficient (Wildman–Crippen LogP) is 2.93. The second-order valence-electron chi connectivity index (χ2n) is 5.25. The summed E-state index contributed by atoms with van der Waals surface area (Å²) in [6.45, 7) is 5.52. The smallest absolute Gasteiger partial charge is 0.0645 e. The topological polar surface area (TPSA) is 26.2 Å². The highest BCUT2D eigenvalue weighted by Crippen LogP contribution is 2.21. The fraction of sp³-hybridized carbons (Fsp3) is 0.500. The lowest BCUT2D eigenvalue weighted by Crippen LogP contribution is -2.15. The fourth-order valence-electron chi connectivity index (χ4n) is 2.41. The van der Waals surface area contributed by atoms with Gasteiger partial charge in [-0.25, -0.2) is 0 Å². The number of fused-ring (bicyclic) bond motifs is 1. The molecule has 1 aromatic heterocycles. The Bertz CT molecular complexity index is 543. The van der Waals surface area contributed by atoms with E-state index >= 15 is 0 Å². The van der Waals surface area contributed by atoms with Gasteiger partial charge < -0.3 is 14.6 Å². The first-order valence-corrected chi connectivity index (χ1v) is 7.25. The van der Waals surface area contributed by atoms with Gasteiger partial charge in [0.25, 0.3) is 0 Å². The summed E-state index contributed by atoms with van der Waals surface area (Å²) in [6.07, 6.45) is 4.84. The van der Waals surface area contributed by atoms with Crippen molar-refractivity contribution in [1.29, 1.82) is 0 Å². The van der Waals surface area contributed by atoms with Crippen LogP contribution in [0.2, 0.25) is 0 Å². The molecule has 1 heterocycles. The Balaban J connectivity index is 1.69. The van der Waals surface area contributed by atoms with Crippen molar-refractivity contribution in [2.75, 3.05) is 13.2 Å². The zero-order chi connectivity index (χ0) is 13.1. The van der Waals surface area contributed by atoms with E-state index in [0.717, 1.165) is 32.3 Å². The van der Waals surface area contributed by atoms with E-state index < -0.39 is 0 Å². The Morgan fingerprint density at radius 2 is 2.21 bits per heavy atom. The second-order valence-corrected chi connectivity index (χ2v) is 5.25. The number of hydrogen-bond acceptors (Lipinski definition) is 2. The Labute approximate surface area is 114 Å². The van der Waals surface area contributed by atoms with Gasteiger partial charge in [-0.3, -0.25) is 0 Å². The summed E-state index contributed by atoms with van der Waals surface area (Å²) in [6, 6.07) is 9.72. The van der Waals surface area contributed by atoms with Crippen LogP contribution in [0.4, 0.5) is 0 Å². The zero-order valence-electron chi connectivity index (χ0n) is 11.6. The van der Waals surface area contributed by atoms with Gasteiger partial charge in [0.05, 0.1) is 6.61 Å². The van der Waals surface area contributed by atoms with Crippen LogP contribution in [-0.2, 0) is 17.8 Å². The highest BCUT2D eigenvalue weighted by Gasteiger charge is 2.19. The lowest BCUT2D eigenvalue weighted by atomic mass is 10.1. The van der Waals surface area contributed by atoms with Crippen LogP contribution in [0.3, 0.4) is 0 Å². The minimum atomic E-state index is 0.770. The van der Waals surface area contributed by atoms with Crippen LogP contribution >= 0.6 is 0 Å². The van der Waals surface area contributed by atoms with E-state index in [1.54, 1.807) is 0 Å². The van der Waals surface area contributed by atoms with Gasteiger partial charge >= 0.3 is 0 Å². The first-order chi connectivity index (χ1) is 9.36. The Morgan fingerprint density at radius 3 is 3.00 bits per heavy atom. The molecule has 1 aromatic carbocycles. The minimum Gasteiger partial charge on any atom is -0.380 e. The molecule has 102 valence electrons. The Hall–Kier alpha value is -1.32. The summed E-state index contributed by atoms with van der Waals surface area (Å²) in [7, 11) is 0. The number of rotatable bonds is 7. The SMILES string of the molecule is CCOCCn1ccc2cc(CNC3CC3)ccc21. The Kier molecular flexibility index (Phi) is 3.85. The average molecular weight is 258 g/mol. The summed E-state index contributed by atoms with van der Waals surface area (Å²) in [4.78, 5) is 0. The maximum absolute atomic E-state index is 5.42. The molecular formula is C16H22N2O. The highest BCUT2D eigenvalue weighted by molar-refractivity contribution is 5.80. The Morgan fingerprint density at radius 1 is 1.32 bits per heavy atom. The van der Waals surface area contributed by atoms with Gasteiger partial charge in [0.15, 0.2) is 0 Å². The molecule has 1 fully saturated rings. The van der Waals surface area contributed by atoms with Gasteiger partial charge in [-0.15, -0.1) is 0 Å². The van der Waals surface area contributed by atoms with Gasteiger partial charge in [0.1, 0.15) is 0 Å². The molecule has 0 radical (unpaired) electrons. The van der Waals surface area contributed by atoms with E-state index in [0.29, 0.717) is 0 Å². The number of aromatic nitrogens is 1. The number of benzene rings is 1. The molecule has 2 aromatic rings. The van der Waals surface area contributed by atoms with Crippen LogP contribution in [0.5, 0.6) is 0 Å². The van der Waals surface area contributed by atoms with Gasteiger partial charge in [-0.05, 0) is 48.9 Å². The first kappa shape index (κ1) is 12.7. The molecule has 0 spiro atoms. The van der Waals surface area contributed by atoms with Crippen molar-refractivity contribution >= 4 is 10.9 Å². The summed E-state index contributed by atoms with van der Waals surface area (Å²) < 4.78 is 7.69. The van der Waals surface area contributed by atoms with Crippen molar-refractivity contribution in [2.45, 2.75) is 38.9 Å². The van der Waals surface area contributed by atoms with Crippen molar-refractivity contribution in [2.24, 2.45) is 0 Å². The predicted molar refractivity (Wildman–Crippen MR) is 78.3 cm³/mol. The van der Waals surface area contributed by atoms with E-state index in [1.165, 1.54) is 29.3 Å². The van der Waals surface area contributed by atoms with Gasteiger partial charge in [-0.2, -0.15) is 0 Å². The third-order valence-corrected chi connectivity index (χ3v) is 3.69. The maximum atomic E-state index is 5.42. The van der Waals surface area contributed by atoms with Crippen molar-refractivity contribution in [3.8, 4) is 0 Å². The third-order valence-electron chi connectivity index (χ3n) is 3.69. The molecule has 1 N–H and O–H groups in total. The quantitative estimate of drug-likeness (QED) is 0.773. The van der Waals surface area contributed by atoms with Crippen LogP contribution in [-0.4, -0.2) is 23.8 Å². The molecule has 1 aliphatic rings. The zero-order valence-corrected chi connectivity index (χ0v) is 11.6. The average Bonchev–Trinajstić information content (AvgIpc) is 3.18. The summed E-state index contributed by atoms with van der Waals surface area (Å²) in [5.74, 6) is 0. The van der Waals surface area contributed by atoms with E-state index in [9.17, 15) is 0 Å². The van der Waals surface area contributed by atoms with Crippen LogP contribution in [0.1, 0.15) is 25.3 Å². The maximum Gasteiger partial charge on any atom is 0.0645 e. The summed E-state index contributed by atoms with van der Waals surface area (Å²) in [5, 5.41) is 4.89. The van der Waals surface area contributed by atoms with Crippen LogP contribution in [0.15, 0.2) is 30.5 Å². The lowest BCUT2D eigenvalue weighted by molar-refractivity contribution is 0.140. The van der Waals surface area contributed by atoms with Crippen LogP contribution in [0.25, 0.3) is 10.9 Å². The summed E-state index contributed by atoms with van der Waals surface area (Å²) >= 11 is 0. The minimum absolute atomic E-state index is 0.770. The molecule has 3 nitrogen and oxygen atoms in total. The van der Waals surface area contributed by atoms with Gasteiger partial charge in [0, 0.05) is 37.5 Å². The molecular weight excluding hydrogens is 236 g/mol. The number of ether oxygens (including phenoxy) is 1. The van der Waals surface area contributed by atoms with Crippen molar-refractivity contribution in [3.05, 3.63) is 36.0 Å². The largest absolute Gasteiger partial charge is 0.380 e. The van der Waals surface area contributed by atoms with Crippen LogP contribution in [0, 0.1) is 0 Å². The molecule has 1 saturated carbocycles. The molecule has 3 rings (SSSR count). The molecule has 0 atom stereocenters. The highest BCUT2D eigenvalue weighted by atomic mass is 16.5. The molecule has 1 aliphatic carbocycles. The lowest BCUT2D eigenvalue weighted by Gasteiger charge is -2.07. The normalized spacial score (nSPS) is 15.2. The van der Waals surface area contributed by atoms with E-state index in [-0.39, 0.29) is 0 Å². The van der Waals surface area contributed by atoms with E-state index in [1.807, 2.05) is 6.92 Å². The molecule has 0 bridgehead atoms. The van der Waals surface area contributed by atoms with E-state index in [2.05, 4.69) is 40.3 Å². The number of nitrogens with zero attached hydrogens (tertiary/aromatic N) is 1. The summed E-state index contributed by atoms with van der Waals surface area (Å²) in [5.41, 5.74) is 2.68. The number of hydrogen-bond donors (Lipinski definition) is 1. The van der Waals surface area contributed by atoms with Crippen molar-refractivity contribution in [3.63, 3.8) is 0 Å². The fourth-order valence-corrected chi connectivity index (χ4v) is 2.41. The number of nitrogens with one attached hydrogen (secondary N) is 1. The third kappa shape index (κ3) is 3.17. The monoisotopic (exact) mass is 258 g/mol. The van der Waals surface area contributed by atoms with Crippen molar-refractivity contribution < 1.29 is 4.74 Å². The molecule has 0 unspecified atom stereocenters. The standard InChI is InChI=1S/C16H22N2O/c1-2-19-10-9-18-8-7-14-11-13(3-6-16(14)18)12-17-15-4-5-15/h3,6-8,11,15,17H,2,4-5,9-10,12H2,1H3. The first-order valence-electron chi connectivity index (χ1n) is 7.25.